The lowest BCUT2D eigenvalue weighted by molar-refractivity contribution is -0.119. The van der Waals surface area contributed by atoms with E-state index in [1.54, 1.807) is 6.07 Å². The lowest BCUT2D eigenvalue weighted by Crippen LogP contribution is -2.26. The number of phenols is 1. The molecule has 1 aromatic rings. The highest BCUT2D eigenvalue weighted by Crippen LogP contribution is 2.41. The first-order valence-electron chi connectivity index (χ1n) is 4.37. The fourth-order valence-corrected chi connectivity index (χ4v) is 1.63. The maximum Gasteiger partial charge on any atom is 0.234 e. The Morgan fingerprint density at radius 2 is 2.07 bits per heavy atom. The van der Waals surface area contributed by atoms with E-state index in [4.69, 9.17) is 5.73 Å². The van der Waals surface area contributed by atoms with Crippen molar-refractivity contribution in [2.45, 2.75) is 19.3 Å². The van der Waals surface area contributed by atoms with Crippen molar-refractivity contribution in [1.82, 2.24) is 0 Å². The van der Waals surface area contributed by atoms with Gasteiger partial charge in [-0.05, 0) is 25.5 Å². The van der Waals surface area contributed by atoms with Gasteiger partial charge in [-0.2, -0.15) is 0 Å². The maximum absolute atomic E-state index is 11.5. The van der Waals surface area contributed by atoms with E-state index in [0.717, 1.165) is 5.56 Å². The van der Waals surface area contributed by atoms with Gasteiger partial charge in [0.05, 0.1) is 11.1 Å². The highest BCUT2D eigenvalue weighted by Gasteiger charge is 2.38. The number of amides is 1. The van der Waals surface area contributed by atoms with Crippen LogP contribution in [0.3, 0.4) is 0 Å². The van der Waals surface area contributed by atoms with Gasteiger partial charge in [0, 0.05) is 11.8 Å². The summed E-state index contributed by atoms with van der Waals surface area (Å²) in [4.78, 5) is 11.5. The summed E-state index contributed by atoms with van der Waals surface area (Å²) in [6.07, 6.45) is 0. The zero-order valence-electron chi connectivity index (χ0n) is 8.09. The van der Waals surface area contributed by atoms with Crippen LogP contribution in [-0.4, -0.2) is 11.0 Å². The van der Waals surface area contributed by atoms with E-state index in [-0.39, 0.29) is 11.7 Å². The van der Waals surface area contributed by atoms with Crippen molar-refractivity contribution in [1.29, 1.82) is 0 Å². The third kappa shape index (κ3) is 0.968. The van der Waals surface area contributed by atoms with E-state index in [1.165, 1.54) is 6.07 Å². The van der Waals surface area contributed by atoms with Crippen LogP contribution in [0.1, 0.15) is 19.4 Å². The van der Waals surface area contributed by atoms with Gasteiger partial charge in [0.2, 0.25) is 5.91 Å². The standard InChI is InChI=1S/C10H12N2O2/c1-10(2)5-3-6(11)8(13)4-7(5)12-9(10)14/h3-4,13H,11H2,1-2H3,(H,12,14). The monoisotopic (exact) mass is 192 g/mol. The van der Waals surface area contributed by atoms with E-state index in [1.807, 2.05) is 13.8 Å². The number of nitrogen functional groups attached to an aromatic ring is 1. The summed E-state index contributed by atoms with van der Waals surface area (Å²) in [6.45, 7) is 3.65. The summed E-state index contributed by atoms with van der Waals surface area (Å²) >= 11 is 0. The molecule has 1 heterocycles. The molecule has 14 heavy (non-hydrogen) atoms. The molecule has 1 aliphatic heterocycles. The Morgan fingerprint density at radius 3 is 2.71 bits per heavy atom. The Kier molecular flexibility index (Phi) is 1.52. The van der Waals surface area contributed by atoms with E-state index < -0.39 is 5.41 Å². The number of nitrogens with one attached hydrogen (secondary N) is 1. The van der Waals surface area contributed by atoms with Gasteiger partial charge in [0.1, 0.15) is 5.75 Å². The van der Waals surface area contributed by atoms with Gasteiger partial charge in [-0.3, -0.25) is 4.79 Å². The molecule has 1 aromatic carbocycles. The fraction of sp³-hybridized carbons (Fsp3) is 0.300. The smallest absolute Gasteiger partial charge is 0.234 e. The fourth-order valence-electron chi connectivity index (χ4n) is 1.63. The number of fused-ring (bicyclic) bond motifs is 1. The molecule has 0 fully saturated rings. The lowest BCUT2D eigenvalue weighted by Gasteiger charge is -2.15. The van der Waals surface area contributed by atoms with E-state index in [0.29, 0.717) is 11.4 Å². The summed E-state index contributed by atoms with van der Waals surface area (Å²) in [7, 11) is 0. The minimum Gasteiger partial charge on any atom is -0.506 e. The molecular weight excluding hydrogens is 180 g/mol. The van der Waals surface area contributed by atoms with Crippen molar-refractivity contribution in [2.24, 2.45) is 0 Å². The zero-order chi connectivity index (χ0) is 10.5. The predicted molar refractivity (Wildman–Crippen MR) is 54.2 cm³/mol. The Labute approximate surface area is 81.7 Å². The molecule has 0 saturated heterocycles. The van der Waals surface area contributed by atoms with Crippen LogP contribution >= 0.6 is 0 Å². The summed E-state index contributed by atoms with van der Waals surface area (Å²) < 4.78 is 0. The topological polar surface area (TPSA) is 75.3 Å². The van der Waals surface area contributed by atoms with Crippen molar-refractivity contribution in [3.8, 4) is 5.75 Å². The molecule has 0 unspecified atom stereocenters. The largest absolute Gasteiger partial charge is 0.506 e. The van der Waals surface area contributed by atoms with Gasteiger partial charge in [-0.25, -0.2) is 0 Å². The quantitative estimate of drug-likeness (QED) is 0.427. The second kappa shape index (κ2) is 2.41. The number of phenolic OH excluding ortho intramolecular Hbond substituents is 1. The Morgan fingerprint density at radius 1 is 1.43 bits per heavy atom. The number of anilines is 2. The van der Waals surface area contributed by atoms with Gasteiger partial charge < -0.3 is 16.2 Å². The molecule has 4 N–H and O–H groups in total. The lowest BCUT2D eigenvalue weighted by atomic mass is 9.86. The molecule has 0 spiro atoms. The van der Waals surface area contributed by atoms with E-state index >= 15 is 0 Å². The second-order valence-corrected chi connectivity index (χ2v) is 4.04. The van der Waals surface area contributed by atoms with Crippen molar-refractivity contribution < 1.29 is 9.90 Å². The molecule has 0 aromatic heterocycles. The van der Waals surface area contributed by atoms with Crippen LogP contribution in [0.4, 0.5) is 11.4 Å². The third-order valence-corrected chi connectivity index (χ3v) is 2.66. The molecule has 0 bridgehead atoms. The van der Waals surface area contributed by atoms with Gasteiger partial charge in [0.15, 0.2) is 0 Å². The zero-order valence-corrected chi connectivity index (χ0v) is 8.09. The minimum absolute atomic E-state index is 0.00162. The van der Waals surface area contributed by atoms with Crippen molar-refractivity contribution in [3.63, 3.8) is 0 Å². The van der Waals surface area contributed by atoms with Gasteiger partial charge >= 0.3 is 0 Å². The van der Waals surface area contributed by atoms with Crippen LogP contribution in [-0.2, 0) is 10.2 Å². The highest BCUT2D eigenvalue weighted by molar-refractivity contribution is 6.06. The van der Waals surface area contributed by atoms with E-state index in [9.17, 15) is 9.90 Å². The van der Waals surface area contributed by atoms with Gasteiger partial charge in [-0.15, -0.1) is 0 Å². The van der Waals surface area contributed by atoms with E-state index in [2.05, 4.69) is 5.32 Å². The molecule has 1 aliphatic rings. The van der Waals surface area contributed by atoms with Gasteiger partial charge in [-0.1, -0.05) is 0 Å². The number of carbonyl (C=O) groups is 1. The number of benzene rings is 1. The normalized spacial score (nSPS) is 17.7. The number of aromatic hydroxyl groups is 1. The molecule has 0 saturated carbocycles. The number of hydrogen-bond acceptors (Lipinski definition) is 3. The number of rotatable bonds is 0. The SMILES string of the molecule is CC1(C)C(=O)Nc2cc(O)c(N)cc21. The molecule has 0 radical (unpaired) electrons. The number of carbonyl (C=O) groups excluding carboxylic acids is 1. The van der Waals surface area contributed by atoms with Crippen LogP contribution in [0.15, 0.2) is 12.1 Å². The first-order valence-corrected chi connectivity index (χ1v) is 4.37. The first-order chi connectivity index (χ1) is 6.43. The average Bonchev–Trinajstić information content (AvgIpc) is 2.28. The van der Waals surface area contributed by atoms with Crippen molar-refractivity contribution in [2.75, 3.05) is 11.1 Å². The molecule has 0 aliphatic carbocycles. The Bertz CT molecular complexity index is 424. The van der Waals surface area contributed by atoms with Crippen LogP contribution in [0.5, 0.6) is 5.75 Å². The second-order valence-electron chi connectivity index (χ2n) is 4.04. The first kappa shape index (κ1) is 8.87. The molecule has 4 heteroatoms. The summed E-state index contributed by atoms with van der Waals surface area (Å²) in [5.74, 6) is -0.0701. The van der Waals surface area contributed by atoms with Crippen molar-refractivity contribution in [3.05, 3.63) is 17.7 Å². The average molecular weight is 192 g/mol. The molecule has 2 rings (SSSR count). The van der Waals surface area contributed by atoms with Crippen LogP contribution in [0.2, 0.25) is 0 Å². The maximum atomic E-state index is 11.5. The van der Waals surface area contributed by atoms with Gasteiger partial charge in [0.25, 0.3) is 0 Å². The molecule has 74 valence electrons. The predicted octanol–water partition coefficient (Wildman–Crippen LogP) is 1.20. The summed E-state index contributed by atoms with van der Waals surface area (Å²) in [5, 5.41) is 12.1. The molecule has 1 amide bonds. The van der Waals surface area contributed by atoms with Crippen LogP contribution in [0, 0.1) is 0 Å². The van der Waals surface area contributed by atoms with Crippen LogP contribution in [0.25, 0.3) is 0 Å². The Balaban J connectivity index is 2.67. The molecular formula is C10H12N2O2. The third-order valence-electron chi connectivity index (χ3n) is 2.66. The molecule has 0 atom stereocenters. The molecule has 4 nitrogen and oxygen atoms in total. The summed E-state index contributed by atoms with van der Waals surface area (Å²) in [5.41, 5.74) is 6.77. The van der Waals surface area contributed by atoms with Crippen molar-refractivity contribution >= 4 is 17.3 Å². The number of hydrogen-bond donors (Lipinski definition) is 3. The highest BCUT2D eigenvalue weighted by atomic mass is 16.3. The number of nitrogens with two attached hydrogens (primary N) is 1. The Hall–Kier alpha value is -1.71. The van der Waals surface area contributed by atoms with Crippen LogP contribution < -0.4 is 11.1 Å². The minimum atomic E-state index is -0.572. The summed E-state index contributed by atoms with van der Waals surface area (Å²) in [6, 6.07) is 3.12.